The fourth-order valence-electron chi connectivity index (χ4n) is 2.91. The zero-order valence-corrected chi connectivity index (χ0v) is 13.6. The standard InChI is InChI=1S/C17H21N5O2/c1-13-18-9-6-14(21-13)16(23)20-11-17(24)7-4-10-22(12-17)15-5-2-3-8-19-15/h2-3,5-6,8-9,24H,4,7,10-12H2,1H3,(H,20,23). The van der Waals surface area contributed by atoms with E-state index in [1.165, 1.54) is 0 Å². The van der Waals surface area contributed by atoms with E-state index in [0.29, 0.717) is 24.5 Å². The Morgan fingerprint density at radius 2 is 2.21 bits per heavy atom. The normalized spacial score (nSPS) is 20.7. The third-order valence-electron chi connectivity index (χ3n) is 4.12. The molecule has 3 rings (SSSR count). The molecule has 1 unspecified atom stereocenters. The number of hydrogen-bond acceptors (Lipinski definition) is 6. The largest absolute Gasteiger partial charge is 0.386 e. The van der Waals surface area contributed by atoms with E-state index < -0.39 is 5.60 Å². The third kappa shape index (κ3) is 3.86. The van der Waals surface area contributed by atoms with Crippen LogP contribution in [0.1, 0.15) is 29.2 Å². The number of aryl methyl sites for hydroxylation is 1. The lowest BCUT2D eigenvalue weighted by molar-refractivity contribution is 0.0254. The van der Waals surface area contributed by atoms with Crippen LogP contribution < -0.4 is 10.2 Å². The van der Waals surface area contributed by atoms with E-state index in [4.69, 9.17) is 0 Å². The predicted octanol–water partition coefficient (Wildman–Crippen LogP) is 0.941. The summed E-state index contributed by atoms with van der Waals surface area (Å²) in [5, 5.41) is 13.6. The number of nitrogens with one attached hydrogen (secondary N) is 1. The van der Waals surface area contributed by atoms with Gasteiger partial charge in [0, 0.05) is 32.0 Å². The van der Waals surface area contributed by atoms with Gasteiger partial charge in [0.25, 0.3) is 5.91 Å². The van der Waals surface area contributed by atoms with E-state index in [-0.39, 0.29) is 12.5 Å². The molecule has 0 saturated carbocycles. The molecule has 7 nitrogen and oxygen atoms in total. The number of aliphatic hydroxyl groups is 1. The van der Waals surface area contributed by atoms with Crippen LogP contribution in [-0.2, 0) is 0 Å². The van der Waals surface area contributed by atoms with Crippen molar-refractivity contribution in [2.24, 2.45) is 0 Å². The second kappa shape index (κ2) is 6.92. The topological polar surface area (TPSA) is 91.2 Å². The minimum atomic E-state index is -0.979. The van der Waals surface area contributed by atoms with Gasteiger partial charge in [-0.2, -0.15) is 0 Å². The first-order valence-electron chi connectivity index (χ1n) is 8.02. The van der Waals surface area contributed by atoms with Crippen LogP contribution in [0.5, 0.6) is 0 Å². The number of anilines is 1. The summed E-state index contributed by atoms with van der Waals surface area (Å²) < 4.78 is 0. The summed E-state index contributed by atoms with van der Waals surface area (Å²) in [7, 11) is 0. The molecule has 0 aliphatic carbocycles. The highest BCUT2D eigenvalue weighted by Crippen LogP contribution is 2.24. The SMILES string of the molecule is Cc1nccc(C(=O)NCC2(O)CCCN(c3ccccn3)C2)n1. The molecular weight excluding hydrogens is 306 g/mol. The van der Waals surface area contributed by atoms with Gasteiger partial charge in [0.2, 0.25) is 0 Å². The van der Waals surface area contributed by atoms with Gasteiger partial charge in [0.05, 0.1) is 5.60 Å². The molecule has 1 aliphatic heterocycles. The van der Waals surface area contributed by atoms with Crippen LogP contribution in [-0.4, -0.2) is 51.2 Å². The molecule has 1 atom stereocenters. The summed E-state index contributed by atoms with van der Waals surface area (Å²) in [4.78, 5) is 26.6. The number of β-amino-alcohol motifs (C(OH)–C–C–N with tert-alkyl or cyclic N) is 1. The van der Waals surface area contributed by atoms with Crippen LogP contribution in [0.25, 0.3) is 0 Å². The van der Waals surface area contributed by atoms with Gasteiger partial charge in [-0.25, -0.2) is 15.0 Å². The van der Waals surface area contributed by atoms with Crippen LogP contribution in [0.3, 0.4) is 0 Å². The Morgan fingerprint density at radius 1 is 1.33 bits per heavy atom. The summed E-state index contributed by atoms with van der Waals surface area (Å²) in [6, 6.07) is 7.28. The number of carbonyl (C=O) groups excluding carboxylic acids is 1. The number of amides is 1. The fraction of sp³-hybridized carbons (Fsp3) is 0.412. The van der Waals surface area contributed by atoms with E-state index in [1.54, 1.807) is 25.4 Å². The van der Waals surface area contributed by atoms with Gasteiger partial charge in [-0.3, -0.25) is 4.79 Å². The second-order valence-corrected chi connectivity index (χ2v) is 6.11. The first-order chi connectivity index (χ1) is 11.6. The van der Waals surface area contributed by atoms with Crippen LogP contribution in [0.15, 0.2) is 36.7 Å². The lowest BCUT2D eigenvalue weighted by atomic mass is 9.92. The molecule has 1 amide bonds. The molecule has 0 bridgehead atoms. The molecule has 1 fully saturated rings. The molecule has 2 aromatic heterocycles. The second-order valence-electron chi connectivity index (χ2n) is 6.11. The van der Waals surface area contributed by atoms with Crippen LogP contribution in [0, 0.1) is 6.92 Å². The summed E-state index contributed by atoms with van der Waals surface area (Å²) in [5.74, 6) is 1.08. The molecule has 126 valence electrons. The molecule has 1 saturated heterocycles. The quantitative estimate of drug-likeness (QED) is 0.868. The number of pyridine rings is 1. The molecular formula is C17H21N5O2. The highest BCUT2D eigenvalue weighted by Gasteiger charge is 2.34. The number of hydrogen-bond donors (Lipinski definition) is 2. The van der Waals surface area contributed by atoms with Gasteiger partial charge in [-0.1, -0.05) is 6.07 Å². The Hall–Kier alpha value is -2.54. The Morgan fingerprint density at radius 3 is 2.96 bits per heavy atom. The van der Waals surface area contributed by atoms with Crippen molar-refractivity contribution >= 4 is 11.7 Å². The highest BCUT2D eigenvalue weighted by atomic mass is 16.3. The highest BCUT2D eigenvalue weighted by molar-refractivity contribution is 5.92. The van der Waals surface area contributed by atoms with Gasteiger partial charge < -0.3 is 15.3 Å². The van der Waals surface area contributed by atoms with Gasteiger partial charge >= 0.3 is 0 Å². The zero-order chi connectivity index (χ0) is 17.0. The number of piperidine rings is 1. The van der Waals surface area contributed by atoms with Crippen molar-refractivity contribution < 1.29 is 9.90 Å². The van der Waals surface area contributed by atoms with Crippen LogP contribution >= 0.6 is 0 Å². The fourth-order valence-corrected chi connectivity index (χ4v) is 2.91. The van der Waals surface area contributed by atoms with Crippen molar-refractivity contribution in [3.63, 3.8) is 0 Å². The van der Waals surface area contributed by atoms with Crippen molar-refractivity contribution in [1.29, 1.82) is 0 Å². The average Bonchev–Trinajstić information content (AvgIpc) is 2.60. The lowest BCUT2D eigenvalue weighted by Crippen LogP contribution is -2.54. The van der Waals surface area contributed by atoms with E-state index >= 15 is 0 Å². The molecule has 2 N–H and O–H groups in total. The van der Waals surface area contributed by atoms with Gasteiger partial charge in [-0.15, -0.1) is 0 Å². The molecule has 7 heteroatoms. The van der Waals surface area contributed by atoms with Gasteiger partial charge in [0.15, 0.2) is 0 Å². The summed E-state index contributed by atoms with van der Waals surface area (Å²) in [6.45, 7) is 3.19. The zero-order valence-electron chi connectivity index (χ0n) is 13.6. The molecule has 24 heavy (non-hydrogen) atoms. The number of nitrogens with zero attached hydrogens (tertiary/aromatic N) is 4. The van der Waals surface area contributed by atoms with Crippen LogP contribution in [0.4, 0.5) is 5.82 Å². The van der Waals surface area contributed by atoms with Gasteiger partial charge in [-0.05, 0) is 38.0 Å². The average molecular weight is 327 g/mol. The van der Waals surface area contributed by atoms with Crippen molar-refractivity contribution in [1.82, 2.24) is 20.3 Å². The molecule has 2 aromatic rings. The first-order valence-corrected chi connectivity index (χ1v) is 8.02. The summed E-state index contributed by atoms with van der Waals surface area (Å²) in [6.07, 6.45) is 4.77. The minimum absolute atomic E-state index is 0.179. The molecule has 1 aliphatic rings. The Balaban J connectivity index is 1.62. The Bertz CT molecular complexity index is 709. The monoisotopic (exact) mass is 327 g/mol. The molecule has 0 spiro atoms. The molecule has 3 heterocycles. The minimum Gasteiger partial charge on any atom is -0.386 e. The number of rotatable bonds is 4. The van der Waals surface area contributed by atoms with Crippen molar-refractivity contribution in [3.8, 4) is 0 Å². The van der Waals surface area contributed by atoms with Crippen molar-refractivity contribution in [2.75, 3.05) is 24.5 Å². The molecule has 0 aromatic carbocycles. The van der Waals surface area contributed by atoms with E-state index in [2.05, 4.69) is 20.3 Å². The first kappa shape index (κ1) is 16.3. The lowest BCUT2D eigenvalue weighted by Gasteiger charge is -2.39. The van der Waals surface area contributed by atoms with Crippen molar-refractivity contribution in [2.45, 2.75) is 25.4 Å². The smallest absolute Gasteiger partial charge is 0.270 e. The van der Waals surface area contributed by atoms with Crippen LogP contribution in [0.2, 0.25) is 0 Å². The van der Waals surface area contributed by atoms with E-state index in [0.717, 1.165) is 18.8 Å². The Kier molecular flexibility index (Phi) is 4.71. The summed E-state index contributed by atoms with van der Waals surface area (Å²) in [5.41, 5.74) is -0.670. The number of carbonyl (C=O) groups is 1. The maximum Gasteiger partial charge on any atom is 0.270 e. The predicted molar refractivity (Wildman–Crippen MR) is 89.7 cm³/mol. The van der Waals surface area contributed by atoms with E-state index in [9.17, 15) is 9.90 Å². The third-order valence-corrected chi connectivity index (χ3v) is 4.12. The van der Waals surface area contributed by atoms with Crippen molar-refractivity contribution in [3.05, 3.63) is 48.2 Å². The maximum absolute atomic E-state index is 12.2. The maximum atomic E-state index is 12.2. The van der Waals surface area contributed by atoms with Gasteiger partial charge in [0.1, 0.15) is 17.3 Å². The summed E-state index contributed by atoms with van der Waals surface area (Å²) >= 11 is 0. The number of aromatic nitrogens is 3. The molecule has 0 radical (unpaired) electrons. The Labute approximate surface area is 140 Å². The van der Waals surface area contributed by atoms with E-state index in [1.807, 2.05) is 23.1 Å².